The highest BCUT2D eigenvalue weighted by molar-refractivity contribution is 6.95. The fourth-order valence-corrected chi connectivity index (χ4v) is 7.83. The van der Waals surface area contributed by atoms with Gasteiger partial charge in [0.15, 0.2) is 0 Å². The fraction of sp³-hybridized carbons (Fsp3) is 0.0526. The van der Waals surface area contributed by atoms with Gasteiger partial charge in [-0.05, 0) is 127 Å². The third kappa shape index (κ3) is 9.51. The molecule has 0 atom stereocenters. The zero-order valence-electron chi connectivity index (χ0n) is 34.9. The Balaban J connectivity index is 0.938. The van der Waals surface area contributed by atoms with Crippen molar-refractivity contribution in [3.63, 3.8) is 0 Å². The van der Waals surface area contributed by atoms with Crippen LogP contribution in [0.25, 0.3) is 33.4 Å². The van der Waals surface area contributed by atoms with Gasteiger partial charge in [-0.1, -0.05) is 179 Å². The molecule has 294 valence electrons. The summed E-state index contributed by atoms with van der Waals surface area (Å²) >= 11 is 0. The van der Waals surface area contributed by atoms with E-state index in [1.165, 1.54) is 66.5 Å². The lowest BCUT2D eigenvalue weighted by molar-refractivity contribution is 1.47. The minimum Gasteiger partial charge on any atom is -0.356 e. The van der Waals surface area contributed by atoms with E-state index in [4.69, 9.17) is 0 Å². The van der Waals surface area contributed by atoms with E-state index in [0.29, 0.717) is 0 Å². The summed E-state index contributed by atoms with van der Waals surface area (Å²) in [4.78, 5) is 0. The second-order valence-corrected chi connectivity index (χ2v) is 16.0. The van der Waals surface area contributed by atoms with E-state index in [-0.39, 0.29) is 6.71 Å². The molecule has 0 bridgehead atoms. The third-order valence-corrected chi connectivity index (χ3v) is 11.4. The Hall–Kier alpha value is -7.56. The molecular formula is C57H48BN3. The van der Waals surface area contributed by atoms with Gasteiger partial charge in [-0.15, -0.1) is 0 Å². The van der Waals surface area contributed by atoms with Crippen molar-refractivity contribution in [2.75, 3.05) is 16.0 Å². The van der Waals surface area contributed by atoms with Crippen molar-refractivity contribution in [3.05, 3.63) is 235 Å². The first kappa shape index (κ1) is 38.9. The van der Waals surface area contributed by atoms with Gasteiger partial charge in [-0.25, -0.2) is 0 Å². The monoisotopic (exact) mass is 785 g/mol. The molecule has 0 aliphatic carbocycles. The van der Waals surface area contributed by atoms with Crippen LogP contribution in [0.5, 0.6) is 0 Å². The molecule has 9 aromatic rings. The predicted octanol–water partition coefficient (Wildman–Crippen LogP) is 13.4. The normalized spacial score (nSPS) is 10.9. The van der Waals surface area contributed by atoms with Crippen LogP contribution in [0, 0.1) is 20.8 Å². The van der Waals surface area contributed by atoms with Crippen LogP contribution in [0.3, 0.4) is 0 Å². The molecule has 0 aromatic heterocycles. The smallest absolute Gasteiger partial charge is 0.241 e. The Bertz CT molecular complexity index is 2490. The summed E-state index contributed by atoms with van der Waals surface area (Å²) in [5.41, 5.74) is 21.1. The van der Waals surface area contributed by atoms with Crippen molar-refractivity contribution in [1.82, 2.24) is 0 Å². The lowest BCUT2D eigenvalue weighted by atomic mass is 9.37. The minimum absolute atomic E-state index is 0.0357. The Morgan fingerprint density at radius 3 is 0.574 bits per heavy atom. The first-order chi connectivity index (χ1) is 29.9. The van der Waals surface area contributed by atoms with Crippen LogP contribution in [0.1, 0.15) is 16.7 Å². The Labute approximate surface area is 360 Å². The summed E-state index contributed by atoms with van der Waals surface area (Å²) in [6.45, 7) is 6.39. The molecule has 0 saturated heterocycles. The lowest BCUT2D eigenvalue weighted by Gasteiger charge is -2.18. The van der Waals surface area contributed by atoms with E-state index in [1.54, 1.807) is 0 Å². The van der Waals surface area contributed by atoms with Crippen molar-refractivity contribution in [2.45, 2.75) is 20.8 Å². The topological polar surface area (TPSA) is 36.1 Å². The maximum atomic E-state index is 3.61. The second kappa shape index (κ2) is 17.7. The minimum atomic E-state index is 0.0357. The van der Waals surface area contributed by atoms with E-state index in [9.17, 15) is 0 Å². The summed E-state index contributed by atoms with van der Waals surface area (Å²) in [5, 5.41) is 10.8. The van der Waals surface area contributed by atoms with Crippen molar-refractivity contribution >= 4 is 57.2 Å². The van der Waals surface area contributed by atoms with Crippen molar-refractivity contribution in [1.29, 1.82) is 0 Å². The van der Waals surface area contributed by atoms with Gasteiger partial charge in [0, 0.05) is 34.1 Å². The molecular weight excluding hydrogens is 737 g/mol. The van der Waals surface area contributed by atoms with E-state index in [1.807, 2.05) is 0 Å². The van der Waals surface area contributed by atoms with Crippen LogP contribution in [-0.4, -0.2) is 6.71 Å². The fourth-order valence-electron chi connectivity index (χ4n) is 7.83. The summed E-state index contributed by atoms with van der Waals surface area (Å²) in [6.07, 6.45) is 0. The number of hydrogen-bond donors (Lipinski definition) is 3. The second-order valence-electron chi connectivity index (χ2n) is 16.0. The molecule has 0 amide bonds. The molecule has 0 aliphatic rings. The molecule has 61 heavy (non-hydrogen) atoms. The average Bonchev–Trinajstić information content (AvgIpc) is 3.30. The molecule has 0 saturated carbocycles. The highest BCUT2D eigenvalue weighted by Gasteiger charge is 2.22. The molecule has 9 aromatic carbocycles. The van der Waals surface area contributed by atoms with Crippen LogP contribution in [-0.2, 0) is 0 Å². The van der Waals surface area contributed by atoms with Crippen molar-refractivity contribution in [3.8, 4) is 33.4 Å². The maximum absolute atomic E-state index is 3.61. The van der Waals surface area contributed by atoms with Crippen LogP contribution in [0.4, 0.5) is 34.1 Å². The van der Waals surface area contributed by atoms with Gasteiger partial charge in [0.2, 0.25) is 6.71 Å². The van der Waals surface area contributed by atoms with Crippen molar-refractivity contribution in [2.24, 2.45) is 0 Å². The average molecular weight is 786 g/mol. The van der Waals surface area contributed by atoms with Crippen LogP contribution >= 0.6 is 0 Å². The van der Waals surface area contributed by atoms with Gasteiger partial charge in [-0.2, -0.15) is 0 Å². The van der Waals surface area contributed by atoms with Gasteiger partial charge in [0.05, 0.1) is 0 Å². The van der Waals surface area contributed by atoms with Crippen LogP contribution in [0.2, 0.25) is 0 Å². The van der Waals surface area contributed by atoms with Crippen molar-refractivity contribution < 1.29 is 0 Å². The number of nitrogens with one attached hydrogen (secondary N) is 3. The third-order valence-electron chi connectivity index (χ3n) is 11.4. The summed E-state index contributed by atoms with van der Waals surface area (Å²) in [6, 6.07) is 78.5. The molecule has 0 aliphatic heterocycles. The standard InChI is InChI=1S/C57H48BN3/c1-40-4-10-43(11-5-40)46-16-28-52(29-17-46)59-55-34-22-49(23-35-55)58(50-24-36-56(37-25-50)60-53-30-18-47(19-31-53)44-12-6-41(2)7-13-44)51-26-38-57(39-27-51)61-54-32-20-48(21-33-54)45-14-8-42(3)9-15-45/h4-39,59-61H,1-3H3. The highest BCUT2D eigenvalue weighted by Crippen LogP contribution is 2.27. The Morgan fingerprint density at radius 1 is 0.213 bits per heavy atom. The molecule has 0 unspecified atom stereocenters. The summed E-state index contributed by atoms with van der Waals surface area (Å²) in [7, 11) is 0. The predicted molar refractivity (Wildman–Crippen MR) is 264 cm³/mol. The van der Waals surface area contributed by atoms with E-state index in [2.05, 4.69) is 255 Å². The molecule has 0 fully saturated rings. The molecule has 0 spiro atoms. The number of rotatable bonds is 12. The number of hydrogen-bond acceptors (Lipinski definition) is 3. The zero-order chi connectivity index (χ0) is 41.5. The first-order valence-electron chi connectivity index (χ1n) is 21.0. The van der Waals surface area contributed by atoms with Crippen LogP contribution in [0.15, 0.2) is 218 Å². The summed E-state index contributed by atoms with van der Waals surface area (Å²) < 4.78 is 0. The van der Waals surface area contributed by atoms with E-state index in [0.717, 1.165) is 34.1 Å². The van der Waals surface area contributed by atoms with Gasteiger partial charge >= 0.3 is 0 Å². The molecule has 3 N–H and O–H groups in total. The highest BCUT2D eigenvalue weighted by atomic mass is 14.9. The van der Waals surface area contributed by atoms with Gasteiger partial charge in [0.1, 0.15) is 0 Å². The molecule has 0 heterocycles. The number of benzene rings is 9. The largest absolute Gasteiger partial charge is 0.356 e. The SMILES string of the molecule is Cc1ccc(-c2ccc(Nc3ccc(B(c4ccc(Nc5ccc(-c6ccc(C)cc6)cc5)cc4)c4ccc(Nc5ccc(-c6ccc(C)cc6)cc5)cc4)cc3)cc2)cc1. The van der Waals surface area contributed by atoms with Crippen LogP contribution < -0.4 is 32.3 Å². The zero-order valence-corrected chi connectivity index (χ0v) is 34.9. The summed E-state index contributed by atoms with van der Waals surface area (Å²) in [5.74, 6) is 0. The molecule has 0 radical (unpaired) electrons. The van der Waals surface area contributed by atoms with Gasteiger partial charge in [-0.3, -0.25) is 0 Å². The molecule has 9 rings (SSSR count). The quantitative estimate of drug-likeness (QED) is 0.108. The molecule has 4 heteroatoms. The van der Waals surface area contributed by atoms with Gasteiger partial charge in [0.25, 0.3) is 0 Å². The number of aryl methyl sites for hydroxylation is 3. The number of anilines is 6. The Kier molecular flexibility index (Phi) is 11.3. The first-order valence-corrected chi connectivity index (χ1v) is 21.0. The molecule has 3 nitrogen and oxygen atoms in total. The van der Waals surface area contributed by atoms with Gasteiger partial charge < -0.3 is 16.0 Å². The van der Waals surface area contributed by atoms with E-state index < -0.39 is 0 Å². The Morgan fingerprint density at radius 2 is 0.377 bits per heavy atom. The van der Waals surface area contributed by atoms with E-state index >= 15 is 0 Å². The lowest BCUT2D eigenvalue weighted by Crippen LogP contribution is -2.51. The maximum Gasteiger partial charge on any atom is 0.241 e.